The smallest absolute Gasteiger partial charge is 0.225 e. The Morgan fingerprint density at radius 3 is 3.00 bits per heavy atom. The van der Waals surface area contributed by atoms with E-state index >= 15 is 0 Å². The van der Waals surface area contributed by atoms with Crippen molar-refractivity contribution in [3.05, 3.63) is 0 Å². The highest BCUT2D eigenvalue weighted by atomic mass is 16.5. The van der Waals surface area contributed by atoms with Crippen molar-refractivity contribution >= 4 is 5.91 Å². The molecule has 0 saturated carbocycles. The van der Waals surface area contributed by atoms with E-state index in [9.17, 15) is 4.79 Å². The van der Waals surface area contributed by atoms with E-state index < -0.39 is 0 Å². The Morgan fingerprint density at radius 2 is 2.50 bits per heavy atom. The molecule has 0 aromatic rings. The molecular formula is C9H17NO2. The third-order valence-electron chi connectivity index (χ3n) is 2.29. The first-order valence-electron chi connectivity index (χ1n) is 4.65. The molecule has 1 N–H and O–H groups in total. The van der Waals surface area contributed by atoms with Crippen LogP contribution >= 0.6 is 0 Å². The minimum atomic E-state index is 0.00690. The Morgan fingerprint density at radius 1 is 1.75 bits per heavy atom. The lowest BCUT2D eigenvalue weighted by Crippen LogP contribution is -2.35. The topological polar surface area (TPSA) is 38.3 Å². The van der Waals surface area contributed by atoms with Crippen LogP contribution in [0.5, 0.6) is 0 Å². The first-order valence-corrected chi connectivity index (χ1v) is 4.65. The molecule has 0 aromatic carbocycles. The number of hydrogen-bond acceptors (Lipinski definition) is 2. The second-order valence-electron chi connectivity index (χ2n) is 3.23. The van der Waals surface area contributed by atoms with Crippen molar-refractivity contribution in [1.82, 2.24) is 5.32 Å². The van der Waals surface area contributed by atoms with E-state index in [0.29, 0.717) is 6.54 Å². The summed E-state index contributed by atoms with van der Waals surface area (Å²) in [6.45, 7) is 5.38. The van der Waals surface area contributed by atoms with Gasteiger partial charge < -0.3 is 10.1 Å². The van der Waals surface area contributed by atoms with E-state index in [-0.39, 0.29) is 17.9 Å². The highest BCUT2D eigenvalue weighted by molar-refractivity contribution is 5.78. The van der Waals surface area contributed by atoms with Gasteiger partial charge in [-0.05, 0) is 19.8 Å². The Hall–Kier alpha value is -0.570. The third-order valence-corrected chi connectivity index (χ3v) is 2.29. The molecule has 2 atom stereocenters. The number of carbonyl (C=O) groups is 1. The van der Waals surface area contributed by atoms with Crippen LogP contribution in [-0.2, 0) is 9.53 Å². The molecular weight excluding hydrogens is 154 g/mol. The summed E-state index contributed by atoms with van der Waals surface area (Å²) in [7, 11) is 0. The van der Waals surface area contributed by atoms with Gasteiger partial charge in [0.2, 0.25) is 5.91 Å². The van der Waals surface area contributed by atoms with Gasteiger partial charge in [-0.3, -0.25) is 4.79 Å². The molecule has 0 spiro atoms. The predicted molar refractivity (Wildman–Crippen MR) is 46.8 cm³/mol. The molecule has 0 bridgehead atoms. The molecule has 1 saturated heterocycles. The van der Waals surface area contributed by atoms with Gasteiger partial charge in [0, 0.05) is 13.2 Å². The Kier molecular flexibility index (Phi) is 3.53. The number of carbonyl (C=O) groups excluding carboxylic acids is 1. The van der Waals surface area contributed by atoms with Gasteiger partial charge in [-0.1, -0.05) is 6.92 Å². The molecule has 1 heterocycles. The van der Waals surface area contributed by atoms with Gasteiger partial charge in [-0.15, -0.1) is 0 Å². The van der Waals surface area contributed by atoms with E-state index in [4.69, 9.17) is 4.74 Å². The molecule has 12 heavy (non-hydrogen) atoms. The molecule has 1 aliphatic heterocycles. The molecule has 70 valence electrons. The molecule has 1 rings (SSSR count). The van der Waals surface area contributed by atoms with E-state index in [1.807, 2.05) is 13.8 Å². The van der Waals surface area contributed by atoms with Crippen LogP contribution < -0.4 is 5.32 Å². The fourth-order valence-corrected chi connectivity index (χ4v) is 1.50. The first-order chi connectivity index (χ1) is 5.75. The van der Waals surface area contributed by atoms with Crippen LogP contribution in [0.2, 0.25) is 0 Å². The fraction of sp³-hybridized carbons (Fsp3) is 0.889. The summed E-state index contributed by atoms with van der Waals surface area (Å²) >= 11 is 0. The molecule has 1 amide bonds. The number of ether oxygens (including phenoxy) is 1. The Bertz CT molecular complexity index is 153. The lowest BCUT2D eigenvalue weighted by atomic mass is 10.0. The zero-order valence-electron chi connectivity index (χ0n) is 7.80. The van der Waals surface area contributed by atoms with E-state index in [0.717, 1.165) is 19.4 Å². The molecule has 0 radical (unpaired) electrons. The largest absolute Gasteiger partial charge is 0.377 e. The van der Waals surface area contributed by atoms with Gasteiger partial charge in [-0.2, -0.15) is 0 Å². The van der Waals surface area contributed by atoms with E-state index in [2.05, 4.69) is 5.32 Å². The van der Waals surface area contributed by atoms with Crippen LogP contribution in [-0.4, -0.2) is 25.2 Å². The maximum absolute atomic E-state index is 11.3. The van der Waals surface area contributed by atoms with Crippen molar-refractivity contribution in [3.8, 4) is 0 Å². The summed E-state index contributed by atoms with van der Waals surface area (Å²) in [5.41, 5.74) is 0. The summed E-state index contributed by atoms with van der Waals surface area (Å²) in [6.07, 6.45) is 2.27. The zero-order chi connectivity index (χ0) is 8.97. The average molecular weight is 171 g/mol. The standard InChI is InChI=1S/C9H17NO2/c1-3-10-9(11)7(2)8-5-4-6-12-8/h7-8H,3-6H2,1-2H3,(H,10,11)/t7-,8?/m1/s1. The molecule has 1 aliphatic rings. The SMILES string of the molecule is CCNC(=O)[C@H](C)C1CCCO1. The van der Waals surface area contributed by atoms with Crippen molar-refractivity contribution in [2.45, 2.75) is 32.8 Å². The Balaban J connectivity index is 2.34. The van der Waals surface area contributed by atoms with Crippen molar-refractivity contribution in [1.29, 1.82) is 0 Å². The first kappa shape index (κ1) is 9.52. The number of nitrogens with one attached hydrogen (secondary N) is 1. The number of rotatable bonds is 3. The van der Waals surface area contributed by atoms with Crippen molar-refractivity contribution in [2.24, 2.45) is 5.92 Å². The summed E-state index contributed by atoms with van der Waals surface area (Å²) in [4.78, 5) is 11.3. The highest BCUT2D eigenvalue weighted by Crippen LogP contribution is 2.19. The maximum Gasteiger partial charge on any atom is 0.225 e. The Labute approximate surface area is 73.5 Å². The molecule has 0 aliphatic carbocycles. The van der Waals surface area contributed by atoms with Crippen LogP contribution in [0.15, 0.2) is 0 Å². The van der Waals surface area contributed by atoms with Gasteiger partial charge in [0.15, 0.2) is 0 Å². The summed E-state index contributed by atoms with van der Waals surface area (Å²) in [6, 6.07) is 0. The highest BCUT2D eigenvalue weighted by Gasteiger charge is 2.27. The molecule has 1 unspecified atom stereocenters. The summed E-state index contributed by atoms with van der Waals surface area (Å²) in [5, 5.41) is 2.80. The van der Waals surface area contributed by atoms with Gasteiger partial charge in [0.25, 0.3) is 0 Å². The maximum atomic E-state index is 11.3. The van der Waals surface area contributed by atoms with Crippen LogP contribution in [0.4, 0.5) is 0 Å². The minimum Gasteiger partial charge on any atom is -0.377 e. The van der Waals surface area contributed by atoms with Gasteiger partial charge in [0.05, 0.1) is 12.0 Å². The lowest BCUT2D eigenvalue weighted by Gasteiger charge is -2.17. The molecule has 3 nitrogen and oxygen atoms in total. The average Bonchev–Trinajstić information content (AvgIpc) is 2.55. The number of amides is 1. The lowest BCUT2D eigenvalue weighted by molar-refractivity contribution is -0.128. The molecule has 3 heteroatoms. The van der Waals surface area contributed by atoms with Gasteiger partial charge in [-0.25, -0.2) is 0 Å². The second kappa shape index (κ2) is 4.45. The van der Waals surface area contributed by atoms with Gasteiger partial charge >= 0.3 is 0 Å². The fourth-order valence-electron chi connectivity index (χ4n) is 1.50. The minimum absolute atomic E-state index is 0.00690. The summed E-state index contributed by atoms with van der Waals surface area (Å²) < 4.78 is 5.42. The van der Waals surface area contributed by atoms with Crippen LogP contribution in [0.3, 0.4) is 0 Å². The van der Waals surface area contributed by atoms with E-state index in [1.165, 1.54) is 0 Å². The second-order valence-corrected chi connectivity index (χ2v) is 3.23. The van der Waals surface area contributed by atoms with Crippen LogP contribution in [0, 0.1) is 5.92 Å². The van der Waals surface area contributed by atoms with Crippen molar-refractivity contribution in [3.63, 3.8) is 0 Å². The van der Waals surface area contributed by atoms with Crippen molar-refractivity contribution < 1.29 is 9.53 Å². The van der Waals surface area contributed by atoms with E-state index in [1.54, 1.807) is 0 Å². The molecule has 0 aromatic heterocycles. The van der Waals surface area contributed by atoms with Crippen LogP contribution in [0.1, 0.15) is 26.7 Å². The zero-order valence-corrected chi connectivity index (χ0v) is 7.80. The normalized spacial score (nSPS) is 25.3. The summed E-state index contributed by atoms with van der Waals surface area (Å²) in [5.74, 6) is 0.122. The van der Waals surface area contributed by atoms with Crippen molar-refractivity contribution in [2.75, 3.05) is 13.2 Å². The molecule has 1 fully saturated rings. The number of hydrogen-bond donors (Lipinski definition) is 1. The van der Waals surface area contributed by atoms with Gasteiger partial charge in [0.1, 0.15) is 0 Å². The monoisotopic (exact) mass is 171 g/mol. The van der Waals surface area contributed by atoms with Crippen LogP contribution in [0.25, 0.3) is 0 Å². The third kappa shape index (κ3) is 2.21. The quantitative estimate of drug-likeness (QED) is 0.686. The predicted octanol–water partition coefficient (Wildman–Crippen LogP) is 0.938.